The van der Waals surface area contributed by atoms with E-state index in [0.29, 0.717) is 5.69 Å². The fraction of sp³-hybridized carbons (Fsp3) is 0.636. The second kappa shape index (κ2) is 6.59. The Morgan fingerprint density at radius 2 is 2.00 bits per heavy atom. The summed E-state index contributed by atoms with van der Waals surface area (Å²) in [6, 6.07) is 1.32. The van der Waals surface area contributed by atoms with Crippen molar-refractivity contribution < 1.29 is 26.7 Å². The van der Waals surface area contributed by atoms with E-state index in [1.165, 1.54) is 16.8 Å². The molecule has 1 heterocycles. The molecule has 1 aromatic rings. The van der Waals surface area contributed by atoms with Gasteiger partial charge in [0, 0.05) is 31.9 Å². The molecule has 0 fully saturated rings. The normalized spacial score (nSPS) is 12.8. The summed E-state index contributed by atoms with van der Waals surface area (Å²) in [5.74, 6) is 0. The fourth-order valence-corrected chi connectivity index (χ4v) is 2.79. The maximum atomic E-state index is 11.9. The molecule has 0 aliphatic rings. The van der Waals surface area contributed by atoms with Crippen molar-refractivity contribution in [2.24, 2.45) is 7.05 Å². The van der Waals surface area contributed by atoms with Crippen molar-refractivity contribution in [1.82, 2.24) is 9.29 Å². The largest absolute Gasteiger partial charge is 0.390 e. The summed E-state index contributed by atoms with van der Waals surface area (Å²) in [5, 5.41) is 8.98. The molecule has 0 spiro atoms. The molecule has 9 heteroatoms. The van der Waals surface area contributed by atoms with Gasteiger partial charge in [-0.1, -0.05) is 0 Å². The van der Waals surface area contributed by atoms with Crippen LogP contribution in [0.3, 0.4) is 0 Å². The number of aromatic nitrogens is 1. The minimum absolute atomic E-state index is 0.0140. The number of aliphatic hydroxyl groups is 1. The average molecular weight is 314 g/mol. The average Bonchev–Trinajstić information content (AvgIpc) is 2.69. The molecule has 5 nitrogen and oxygen atoms in total. The molecule has 0 bridgehead atoms. The number of aliphatic hydroxyl groups excluding tert-OH is 1. The maximum Gasteiger partial charge on any atom is 0.389 e. The van der Waals surface area contributed by atoms with Crippen LogP contribution in [0.1, 0.15) is 25.0 Å². The van der Waals surface area contributed by atoms with Gasteiger partial charge in [0.25, 0.3) is 0 Å². The van der Waals surface area contributed by atoms with Gasteiger partial charge in [-0.15, -0.1) is 0 Å². The number of rotatable bonds is 7. The first kappa shape index (κ1) is 17.0. The Hall–Kier alpha value is -1.06. The van der Waals surface area contributed by atoms with E-state index in [0.717, 1.165) is 0 Å². The van der Waals surface area contributed by atoms with Crippen LogP contribution < -0.4 is 4.72 Å². The van der Waals surface area contributed by atoms with E-state index in [9.17, 15) is 21.6 Å². The minimum Gasteiger partial charge on any atom is -0.390 e. The second-order valence-electron chi connectivity index (χ2n) is 4.41. The number of nitrogens with one attached hydrogen (secondary N) is 1. The van der Waals surface area contributed by atoms with Crippen LogP contribution in [0.25, 0.3) is 0 Å². The lowest BCUT2D eigenvalue weighted by Gasteiger charge is -2.07. The SMILES string of the molecule is Cn1cc(S(=O)(=O)NCCCCC(F)(F)F)cc1CO. The zero-order valence-corrected chi connectivity index (χ0v) is 11.8. The molecule has 1 rings (SSSR count). The molecule has 0 aliphatic carbocycles. The number of alkyl halides is 3. The van der Waals surface area contributed by atoms with Crippen molar-refractivity contribution in [3.63, 3.8) is 0 Å². The standard InChI is InChI=1S/C11H17F3N2O3S/c1-16-7-10(6-9(16)8-17)20(18,19)15-5-3-2-4-11(12,13)14/h6-7,15,17H,2-5,8H2,1H3. The van der Waals surface area contributed by atoms with Gasteiger partial charge in [0.1, 0.15) is 0 Å². The first-order valence-electron chi connectivity index (χ1n) is 5.98. The molecule has 116 valence electrons. The van der Waals surface area contributed by atoms with Crippen molar-refractivity contribution in [2.45, 2.75) is 36.9 Å². The summed E-state index contributed by atoms with van der Waals surface area (Å²) in [4.78, 5) is -0.0140. The number of halogens is 3. The van der Waals surface area contributed by atoms with Crippen molar-refractivity contribution in [3.05, 3.63) is 18.0 Å². The van der Waals surface area contributed by atoms with E-state index in [1.54, 1.807) is 7.05 Å². The van der Waals surface area contributed by atoms with Crippen molar-refractivity contribution >= 4 is 10.0 Å². The Kier molecular flexibility index (Phi) is 5.60. The highest BCUT2D eigenvalue weighted by atomic mass is 32.2. The van der Waals surface area contributed by atoms with Crippen LogP contribution in [-0.4, -0.2) is 30.8 Å². The fourth-order valence-electron chi connectivity index (χ4n) is 1.62. The summed E-state index contributed by atoms with van der Waals surface area (Å²) in [5.41, 5.74) is 0.433. The molecular formula is C11H17F3N2O3S. The van der Waals surface area contributed by atoms with Crippen LogP contribution in [0.4, 0.5) is 13.2 Å². The van der Waals surface area contributed by atoms with Crippen molar-refractivity contribution in [2.75, 3.05) is 6.54 Å². The van der Waals surface area contributed by atoms with E-state index in [-0.39, 0.29) is 30.9 Å². The van der Waals surface area contributed by atoms with Crippen LogP contribution in [-0.2, 0) is 23.7 Å². The highest BCUT2D eigenvalue weighted by molar-refractivity contribution is 7.89. The summed E-state index contributed by atoms with van der Waals surface area (Å²) >= 11 is 0. The number of aryl methyl sites for hydroxylation is 1. The third-order valence-electron chi connectivity index (χ3n) is 2.73. The molecular weight excluding hydrogens is 297 g/mol. The van der Waals surface area contributed by atoms with Gasteiger partial charge in [0.05, 0.1) is 11.5 Å². The molecule has 0 radical (unpaired) electrons. The summed E-state index contributed by atoms with van der Waals surface area (Å²) < 4.78 is 63.1. The lowest BCUT2D eigenvalue weighted by molar-refractivity contribution is -0.135. The molecule has 0 unspecified atom stereocenters. The number of hydrogen-bond acceptors (Lipinski definition) is 3. The van der Waals surface area contributed by atoms with Crippen molar-refractivity contribution in [3.8, 4) is 0 Å². The Balaban J connectivity index is 2.49. The number of hydrogen-bond donors (Lipinski definition) is 2. The van der Waals surface area contributed by atoms with Crippen molar-refractivity contribution in [1.29, 1.82) is 0 Å². The quantitative estimate of drug-likeness (QED) is 0.750. The summed E-state index contributed by atoms with van der Waals surface area (Å²) in [6.07, 6.45) is -3.81. The Bertz CT molecular complexity index is 538. The minimum atomic E-state index is -4.21. The van der Waals surface area contributed by atoms with Gasteiger partial charge in [-0.2, -0.15) is 13.2 Å². The van der Waals surface area contributed by atoms with Crippen LogP contribution in [0.2, 0.25) is 0 Å². The molecule has 1 aromatic heterocycles. The molecule has 0 amide bonds. The smallest absolute Gasteiger partial charge is 0.389 e. The number of nitrogens with zero attached hydrogens (tertiary/aromatic N) is 1. The monoisotopic (exact) mass is 314 g/mol. The predicted molar refractivity (Wildman–Crippen MR) is 66.4 cm³/mol. The van der Waals surface area contributed by atoms with Crippen LogP contribution in [0.15, 0.2) is 17.2 Å². The van der Waals surface area contributed by atoms with E-state index in [1.807, 2.05) is 0 Å². The molecule has 0 aliphatic heterocycles. The Morgan fingerprint density at radius 3 is 2.50 bits per heavy atom. The van der Waals surface area contributed by atoms with Gasteiger partial charge in [-0.3, -0.25) is 0 Å². The first-order chi connectivity index (χ1) is 9.15. The van der Waals surface area contributed by atoms with Gasteiger partial charge in [-0.25, -0.2) is 13.1 Å². The third-order valence-corrected chi connectivity index (χ3v) is 4.16. The van der Waals surface area contributed by atoms with Crippen LogP contribution >= 0.6 is 0 Å². The lowest BCUT2D eigenvalue weighted by Crippen LogP contribution is -2.24. The molecule has 0 saturated carbocycles. The van der Waals surface area contributed by atoms with Gasteiger partial charge < -0.3 is 9.67 Å². The van der Waals surface area contributed by atoms with Gasteiger partial charge >= 0.3 is 6.18 Å². The maximum absolute atomic E-state index is 11.9. The highest BCUT2D eigenvalue weighted by Gasteiger charge is 2.26. The van der Waals surface area contributed by atoms with Gasteiger partial charge in [0.15, 0.2) is 0 Å². The molecule has 0 saturated heterocycles. The van der Waals surface area contributed by atoms with E-state index >= 15 is 0 Å². The zero-order chi connectivity index (χ0) is 15.4. The molecule has 20 heavy (non-hydrogen) atoms. The Morgan fingerprint density at radius 1 is 1.35 bits per heavy atom. The number of unbranched alkanes of at least 4 members (excludes halogenated alkanes) is 1. The van der Waals surface area contributed by atoms with Gasteiger partial charge in [0.2, 0.25) is 10.0 Å². The first-order valence-corrected chi connectivity index (χ1v) is 7.46. The van der Waals surface area contributed by atoms with E-state index < -0.39 is 22.6 Å². The summed E-state index contributed by atoms with van der Waals surface area (Å²) in [6.45, 7) is -0.348. The van der Waals surface area contributed by atoms with Gasteiger partial charge in [-0.05, 0) is 18.9 Å². The van der Waals surface area contributed by atoms with Crippen LogP contribution in [0.5, 0.6) is 0 Å². The topological polar surface area (TPSA) is 71.3 Å². The lowest BCUT2D eigenvalue weighted by atomic mass is 10.2. The number of sulfonamides is 1. The molecule has 0 atom stereocenters. The zero-order valence-electron chi connectivity index (χ0n) is 10.9. The van der Waals surface area contributed by atoms with E-state index in [4.69, 9.17) is 5.11 Å². The summed E-state index contributed by atoms with van der Waals surface area (Å²) in [7, 11) is -2.16. The highest BCUT2D eigenvalue weighted by Crippen LogP contribution is 2.22. The Labute approximate surface area is 115 Å². The molecule has 0 aromatic carbocycles. The van der Waals surface area contributed by atoms with Crippen LogP contribution in [0, 0.1) is 0 Å². The van der Waals surface area contributed by atoms with E-state index in [2.05, 4.69) is 4.72 Å². The predicted octanol–water partition coefficient (Wildman–Crippen LogP) is 1.53. The second-order valence-corrected chi connectivity index (χ2v) is 6.17. The molecule has 2 N–H and O–H groups in total. The third kappa shape index (κ3) is 5.14.